The Kier molecular flexibility index (Phi) is 9.54. The number of alkyl halides is 3. The molecule has 2 aromatic carbocycles. The molecule has 5 heterocycles. The van der Waals surface area contributed by atoms with Crippen LogP contribution in [0.5, 0.6) is 5.75 Å². The molecule has 2 amide bonds. The SMILES string of the molecule is COc1ccc2c(c1)C[C@@H]1C[C@]1(C(=O)N1C[C@H]3COC[C@@H](C1)CN(C(F)(F)F)C3)Cn1c-2c(C2CCCCC2)c2ccc(C(=O)NS(=O)(=O)N(C)C)cc21. The van der Waals surface area contributed by atoms with Gasteiger partial charge in [-0.2, -0.15) is 25.9 Å². The summed E-state index contributed by atoms with van der Waals surface area (Å²) in [7, 11) is 0.268. The Hall–Kier alpha value is -3.66. The molecule has 2 bridgehead atoms. The van der Waals surface area contributed by atoms with Gasteiger partial charge in [0.15, 0.2) is 0 Å². The topological polar surface area (TPSA) is 113 Å². The van der Waals surface area contributed by atoms with Crippen molar-refractivity contribution < 1.29 is 40.7 Å². The maximum absolute atomic E-state index is 15.1. The van der Waals surface area contributed by atoms with Crippen molar-refractivity contribution in [3.8, 4) is 17.0 Å². The fourth-order valence-electron chi connectivity index (χ4n) is 9.67. The van der Waals surface area contributed by atoms with Crippen LogP contribution in [0.1, 0.15) is 65.9 Å². The number of rotatable bonds is 6. The van der Waals surface area contributed by atoms with Crippen molar-refractivity contribution in [3.63, 3.8) is 0 Å². The Morgan fingerprint density at radius 1 is 0.981 bits per heavy atom. The van der Waals surface area contributed by atoms with Crippen molar-refractivity contribution in [2.75, 3.05) is 60.6 Å². The number of benzene rings is 2. The lowest BCUT2D eigenvalue weighted by Crippen LogP contribution is -2.56. The fraction of sp³-hybridized carbons (Fsp3) is 0.590. The summed E-state index contributed by atoms with van der Waals surface area (Å²) in [5, 5.41) is 0.970. The molecule has 0 radical (unpaired) electrons. The van der Waals surface area contributed by atoms with Gasteiger partial charge in [-0.25, -0.2) is 9.62 Å². The van der Waals surface area contributed by atoms with Gasteiger partial charge >= 0.3 is 16.5 Å². The lowest BCUT2D eigenvalue weighted by Gasteiger charge is -2.43. The molecule has 1 N–H and O–H groups in total. The summed E-state index contributed by atoms with van der Waals surface area (Å²) in [4.78, 5) is 31.0. The minimum atomic E-state index is -4.46. The van der Waals surface area contributed by atoms with Gasteiger partial charge in [0.2, 0.25) is 5.91 Å². The number of carbonyl (C=O) groups is 2. The van der Waals surface area contributed by atoms with E-state index in [4.69, 9.17) is 9.47 Å². The molecular formula is C39H48F3N5O6S. The number of hydrogen-bond donors (Lipinski definition) is 1. The van der Waals surface area contributed by atoms with E-state index in [1.165, 1.54) is 19.7 Å². The number of carbonyl (C=O) groups excluding carboxylic acids is 2. The zero-order chi connectivity index (χ0) is 38.2. The number of halogens is 3. The van der Waals surface area contributed by atoms with Crippen molar-refractivity contribution in [3.05, 3.63) is 53.1 Å². The molecule has 4 aliphatic heterocycles. The monoisotopic (exact) mass is 771 g/mol. The standard InChI is InChI=1S/C39H48F3N5O6S/c1-44(2)54(50,51)43-36(48)27-9-11-32-33(15-27)47-23-38(37(49)45-17-24-19-46(39(40,41)42)20-25(18-45)22-53-21-24)16-29(38)13-28-14-30(52-3)10-12-31(28)35(47)34(32)26-7-5-4-6-8-26/h9-12,14-15,24-26,29H,4-8,13,16-23H2,1-3H3,(H,43,48)/t24-,25+,29-,38+/m1/s1. The highest BCUT2D eigenvalue weighted by Crippen LogP contribution is 2.60. The predicted octanol–water partition coefficient (Wildman–Crippen LogP) is 5.39. The van der Waals surface area contributed by atoms with Crippen LogP contribution in [-0.2, 0) is 32.7 Å². The third kappa shape index (κ3) is 6.68. The quantitative estimate of drug-likeness (QED) is 0.335. The summed E-state index contributed by atoms with van der Waals surface area (Å²) in [5.41, 5.74) is 4.39. The molecule has 9 rings (SSSR count). The predicted molar refractivity (Wildman–Crippen MR) is 196 cm³/mol. The second-order valence-corrected chi connectivity index (χ2v) is 18.2. The maximum atomic E-state index is 15.1. The Morgan fingerprint density at radius 2 is 1.69 bits per heavy atom. The minimum Gasteiger partial charge on any atom is -0.497 e. The van der Waals surface area contributed by atoms with E-state index >= 15 is 4.79 Å². The Labute approximate surface area is 313 Å². The molecule has 292 valence electrons. The molecule has 3 aromatic rings. The van der Waals surface area contributed by atoms with E-state index in [0.29, 0.717) is 30.0 Å². The van der Waals surface area contributed by atoms with Crippen molar-refractivity contribution in [2.24, 2.45) is 23.2 Å². The zero-order valence-corrected chi connectivity index (χ0v) is 31.8. The van der Waals surface area contributed by atoms with Gasteiger partial charge in [0, 0.05) is 80.7 Å². The molecule has 4 atom stereocenters. The van der Waals surface area contributed by atoms with Crippen molar-refractivity contribution in [1.82, 2.24) is 23.4 Å². The highest BCUT2D eigenvalue weighted by molar-refractivity contribution is 7.87. The molecule has 2 saturated carbocycles. The van der Waals surface area contributed by atoms with E-state index < -0.39 is 39.7 Å². The molecule has 15 heteroatoms. The molecule has 54 heavy (non-hydrogen) atoms. The first-order chi connectivity index (χ1) is 25.7. The number of ether oxygens (including phenoxy) is 2. The summed E-state index contributed by atoms with van der Waals surface area (Å²) in [6, 6.07) is 11.4. The molecule has 2 aliphatic carbocycles. The number of amides is 2. The summed E-state index contributed by atoms with van der Waals surface area (Å²) in [6.45, 7) is 0.552. The molecular weight excluding hydrogens is 724 g/mol. The summed E-state index contributed by atoms with van der Waals surface area (Å²) >= 11 is 0. The number of nitrogens with one attached hydrogen (secondary N) is 1. The average molecular weight is 772 g/mol. The molecule has 11 nitrogen and oxygen atoms in total. The lowest BCUT2D eigenvalue weighted by molar-refractivity contribution is -0.259. The van der Waals surface area contributed by atoms with Crippen LogP contribution in [0.25, 0.3) is 22.2 Å². The Morgan fingerprint density at radius 3 is 2.33 bits per heavy atom. The molecule has 3 saturated heterocycles. The van der Waals surface area contributed by atoms with Gasteiger partial charge in [-0.05, 0) is 79.0 Å². The van der Waals surface area contributed by atoms with Crippen LogP contribution in [0, 0.1) is 23.2 Å². The van der Waals surface area contributed by atoms with Gasteiger partial charge in [-0.3, -0.25) is 9.59 Å². The smallest absolute Gasteiger partial charge is 0.459 e. The van der Waals surface area contributed by atoms with Crippen molar-refractivity contribution in [2.45, 2.75) is 63.7 Å². The van der Waals surface area contributed by atoms with Crippen molar-refractivity contribution in [1.29, 1.82) is 0 Å². The number of nitrogens with zero attached hydrogens (tertiary/aromatic N) is 4. The van der Waals surface area contributed by atoms with Crippen molar-refractivity contribution >= 4 is 32.9 Å². The minimum absolute atomic E-state index is 0.0236. The largest absolute Gasteiger partial charge is 0.497 e. The van der Waals surface area contributed by atoms with E-state index in [9.17, 15) is 26.4 Å². The van der Waals surface area contributed by atoms with Crippen LogP contribution < -0.4 is 9.46 Å². The molecule has 0 spiro atoms. The second kappa shape index (κ2) is 13.8. The first-order valence-corrected chi connectivity index (χ1v) is 20.4. The fourth-order valence-corrected chi connectivity index (χ4v) is 10.2. The third-order valence-electron chi connectivity index (χ3n) is 12.5. The highest BCUT2D eigenvalue weighted by atomic mass is 32.2. The summed E-state index contributed by atoms with van der Waals surface area (Å²) < 4.78 is 84.0. The first-order valence-electron chi connectivity index (χ1n) is 19.0. The van der Waals surface area contributed by atoms with E-state index in [1.54, 1.807) is 19.2 Å². The maximum Gasteiger partial charge on any atom is 0.459 e. The number of hydrogen-bond acceptors (Lipinski definition) is 7. The zero-order valence-electron chi connectivity index (χ0n) is 31.0. The second-order valence-electron chi connectivity index (χ2n) is 16.3. The van der Waals surface area contributed by atoms with Crippen LogP contribution >= 0.6 is 0 Å². The van der Waals surface area contributed by atoms with E-state index in [-0.39, 0.29) is 62.7 Å². The molecule has 0 unspecified atom stereocenters. The van der Waals surface area contributed by atoms with E-state index in [0.717, 1.165) is 64.1 Å². The summed E-state index contributed by atoms with van der Waals surface area (Å²) in [6.07, 6.45) is 2.14. The van der Waals surface area contributed by atoms with Gasteiger partial charge in [0.1, 0.15) is 5.75 Å². The summed E-state index contributed by atoms with van der Waals surface area (Å²) in [5.74, 6) is -0.866. The number of fused-ring (bicyclic) bond motifs is 12. The van der Waals surface area contributed by atoms with Gasteiger partial charge in [-0.15, -0.1) is 0 Å². The number of aromatic nitrogens is 1. The lowest BCUT2D eigenvalue weighted by atomic mass is 9.80. The van der Waals surface area contributed by atoms with E-state index in [1.807, 2.05) is 17.0 Å². The van der Waals surface area contributed by atoms with Gasteiger partial charge in [0.05, 0.1) is 31.4 Å². The van der Waals surface area contributed by atoms with Crippen LogP contribution in [0.15, 0.2) is 36.4 Å². The molecule has 6 aliphatic rings. The van der Waals surface area contributed by atoms with E-state index in [2.05, 4.69) is 21.4 Å². The van der Waals surface area contributed by atoms with Crippen LogP contribution in [-0.4, -0.2) is 106 Å². The third-order valence-corrected chi connectivity index (χ3v) is 13.9. The Bertz CT molecular complexity index is 2060. The van der Waals surface area contributed by atoms with Gasteiger partial charge < -0.3 is 18.9 Å². The first kappa shape index (κ1) is 37.3. The highest BCUT2D eigenvalue weighted by Gasteiger charge is 2.62. The van der Waals surface area contributed by atoms with Gasteiger partial charge in [0.25, 0.3) is 5.91 Å². The molecule has 1 aromatic heterocycles. The van der Waals surface area contributed by atoms with Gasteiger partial charge in [-0.1, -0.05) is 25.3 Å². The molecule has 5 fully saturated rings. The van der Waals surface area contributed by atoms with Crippen LogP contribution in [0.3, 0.4) is 0 Å². The van der Waals surface area contributed by atoms with Crippen LogP contribution in [0.4, 0.5) is 13.2 Å². The van der Waals surface area contributed by atoms with Crippen LogP contribution in [0.2, 0.25) is 0 Å². The Balaban J connectivity index is 1.26. The normalized spacial score (nSPS) is 26.5. The average Bonchev–Trinajstić information content (AvgIpc) is 3.69. The number of methoxy groups -OCH3 is 1.